The van der Waals surface area contributed by atoms with Crippen LogP contribution in [0.4, 0.5) is 5.82 Å². The predicted molar refractivity (Wildman–Crippen MR) is 126 cm³/mol. The number of hydrogen-bond donors (Lipinski definition) is 1. The van der Waals surface area contributed by atoms with Gasteiger partial charge in [0.2, 0.25) is 5.82 Å². The SMILES string of the molecule is CCc1nc(C(=O)NCc2ccc(N3CCN(C)CC3)nc2)nn1-c1c(Cl)cccc1Cl. The van der Waals surface area contributed by atoms with Crippen molar-refractivity contribution in [3.8, 4) is 5.69 Å². The monoisotopic (exact) mass is 473 g/mol. The third kappa shape index (κ3) is 4.87. The van der Waals surface area contributed by atoms with E-state index in [0.29, 0.717) is 34.5 Å². The maximum Gasteiger partial charge on any atom is 0.291 e. The molecule has 3 heterocycles. The molecule has 1 amide bonds. The van der Waals surface area contributed by atoms with Crippen molar-refractivity contribution in [3.05, 3.63) is 63.8 Å². The smallest absolute Gasteiger partial charge is 0.291 e. The number of halogens is 2. The van der Waals surface area contributed by atoms with E-state index in [4.69, 9.17) is 23.2 Å². The molecular weight excluding hydrogens is 449 g/mol. The average Bonchev–Trinajstić information content (AvgIpc) is 3.22. The van der Waals surface area contributed by atoms with Gasteiger partial charge in [0.15, 0.2) is 0 Å². The fraction of sp³-hybridized carbons (Fsp3) is 0.364. The van der Waals surface area contributed by atoms with Crippen molar-refractivity contribution in [3.63, 3.8) is 0 Å². The number of amides is 1. The first kappa shape index (κ1) is 22.5. The summed E-state index contributed by atoms with van der Waals surface area (Å²) >= 11 is 12.6. The minimum Gasteiger partial charge on any atom is -0.354 e. The molecule has 1 fully saturated rings. The summed E-state index contributed by atoms with van der Waals surface area (Å²) < 4.78 is 1.53. The van der Waals surface area contributed by atoms with Crippen molar-refractivity contribution in [1.29, 1.82) is 0 Å². The van der Waals surface area contributed by atoms with Gasteiger partial charge in [-0.1, -0.05) is 42.3 Å². The van der Waals surface area contributed by atoms with Gasteiger partial charge in [-0.05, 0) is 30.8 Å². The molecule has 1 aliphatic rings. The highest BCUT2D eigenvalue weighted by Gasteiger charge is 2.20. The molecule has 0 spiro atoms. The van der Waals surface area contributed by atoms with Crippen LogP contribution in [0.1, 0.15) is 28.9 Å². The van der Waals surface area contributed by atoms with Gasteiger partial charge in [0.1, 0.15) is 17.3 Å². The molecule has 1 aromatic carbocycles. The topological polar surface area (TPSA) is 79.2 Å². The van der Waals surface area contributed by atoms with Crippen LogP contribution >= 0.6 is 23.2 Å². The lowest BCUT2D eigenvalue weighted by Gasteiger charge is -2.33. The van der Waals surface area contributed by atoms with Crippen molar-refractivity contribution >= 4 is 34.9 Å². The van der Waals surface area contributed by atoms with E-state index in [9.17, 15) is 4.79 Å². The fourth-order valence-corrected chi connectivity index (χ4v) is 4.10. The van der Waals surface area contributed by atoms with Crippen molar-refractivity contribution in [2.24, 2.45) is 0 Å². The minimum atomic E-state index is -0.371. The zero-order valence-electron chi connectivity index (χ0n) is 18.1. The number of hydrogen-bond acceptors (Lipinski definition) is 6. The van der Waals surface area contributed by atoms with E-state index in [2.05, 4.69) is 37.2 Å². The minimum absolute atomic E-state index is 0.0693. The van der Waals surface area contributed by atoms with Crippen molar-refractivity contribution < 1.29 is 4.79 Å². The predicted octanol–water partition coefficient (Wildman–Crippen LogP) is 3.21. The third-order valence-corrected chi connectivity index (χ3v) is 6.04. The molecule has 2 aromatic heterocycles. The summed E-state index contributed by atoms with van der Waals surface area (Å²) in [6.07, 6.45) is 2.36. The van der Waals surface area contributed by atoms with Gasteiger partial charge in [0.25, 0.3) is 5.91 Å². The van der Waals surface area contributed by atoms with Gasteiger partial charge in [0.05, 0.1) is 10.0 Å². The number of rotatable bonds is 6. The molecule has 0 radical (unpaired) electrons. The Labute approximate surface area is 197 Å². The number of pyridine rings is 1. The van der Waals surface area contributed by atoms with Gasteiger partial charge >= 0.3 is 0 Å². The van der Waals surface area contributed by atoms with Gasteiger partial charge in [0, 0.05) is 45.3 Å². The molecule has 1 saturated heterocycles. The highest BCUT2D eigenvalue weighted by molar-refractivity contribution is 6.37. The maximum absolute atomic E-state index is 12.7. The zero-order valence-corrected chi connectivity index (χ0v) is 19.6. The van der Waals surface area contributed by atoms with E-state index < -0.39 is 0 Å². The van der Waals surface area contributed by atoms with Gasteiger partial charge in [-0.25, -0.2) is 14.6 Å². The van der Waals surface area contributed by atoms with Crippen LogP contribution in [0.3, 0.4) is 0 Å². The summed E-state index contributed by atoms with van der Waals surface area (Å²) in [5, 5.41) is 8.11. The number of aryl methyl sites for hydroxylation is 1. The molecule has 32 heavy (non-hydrogen) atoms. The standard InChI is InChI=1S/C22H25Cl2N7O/c1-3-18-27-21(28-31(18)20-16(23)5-4-6-17(20)24)22(32)26-14-15-7-8-19(25-13-15)30-11-9-29(2)10-12-30/h4-8,13H,3,9-12,14H2,1-2H3,(H,26,32). The molecule has 10 heteroatoms. The molecule has 168 valence electrons. The lowest BCUT2D eigenvalue weighted by atomic mass is 10.2. The van der Waals surface area contributed by atoms with Crippen LogP contribution < -0.4 is 10.2 Å². The fourth-order valence-electron chi connectivity index (χ4n) is 3.55. The number of para-hydroxylation sites is 1. The second-order valence-corrected chi connectivity index (χ2v) is 8.50. The largest absolute Gasteiger partial charge is 0.354 e. The van der Waals surface area contributed by atoms with E-state index in [1.54, 1.807) is 24.4 Å². The second kappa shape index (κ2) is 9.85. The van der Waals surface area contributed by atoms with Gasteiger partial charge < -0.3 is 15.1 Å². The van der Waals surface area contributed by atoms with Gasteiger partial charge in [-0.3, -0.25) is 4.79 Å². The van der Waals surface area contributed by atoms with E-state index in [-0.39, 0.29) is 11.7 Å². The molecule has 1 aliphatic heterocycles. The molecule has 8 nitrogen and oxygen atoms in total. The summed E-state index contributed by atoms with van der Waals surface area (Å²) in [5.41, 5.74) is 1.42. The van der Waals surface area contributed by atoms with Gasteiger partial charge in [-0.15, -0.1) is 5.10 Å². The molecule has 0 aliphatic carbocycles. The second-order valence-electron chi connectivity index (χ2n) is 7.68. The van der Waals surface area contributed by atoms with Crippen LogP contribution in [0.2, 0.25) is 10.0 Å². The normalized spacial score (nSPS) is 14.6. The Bertz CT molecular complexity index is 1070. The average molecular weight is 474 g/mol. The third-order valence-electron chi connectivity index (χ3n) is 5.43. The molecule has 0 saturated carbocycles. The van der Waals surface area contributed by atoms with Gasteiger partial charge in [-0.2, -0.15) is 0 Å². The Balaban J connectivity index is 1.43. The number of aromatic nitrogens is 4. The van der Waals surface area contributed by atoms with Crippen LogP contribution in [0.5, 0.6) is 0 Å². The van der Waals surface area contributed by atoms with E-state index in [0.717, 1.165) is 37.6 Å². The number of carbonyl (C=O) groups is 1. The lowest BCUT2D eigenvalue weighted by Crippen LogP contribution is -2.44. The molecule has 1 N–H and O–H groups in total. The number of nitrogens with one attached hydrogen (secondary N) is 1. The Morgan fingerprint density at radius 2 is 1.81 bits per heavy atom. The number of nitrogens with zero attached hydrogens (tertiary/aromatic N) is 6. The first-order valence-corrected chi connectivity index (χ1v) is 11.3. The Kier molecular flexibility index (Phi) is 6.93. The van der Waals surface area contributed by atoms with Crippen molar-refractivity contribution in [2.45, 2.75) is 19.9 Å². The number of anilines is 1. The Morgan fingerprint density at radius 1 is 1.09 bits per heavy atom. The molecular formula is C22H25Cl2N7O. The molecule has 0 unspecified atom stereocenters. The quantitative estimate of drug-likeness (QED) is 0.591. The number of benzene rings is 1. The van der Waals surface area contributed by atoms with Crippen molar-refractivity contribution in [1.82, 2.24) is 30.0 Å². The van der Waals surface area contributed by atoms with Crippen LogP contribution in [-0.4, -0.2) is 63.8 Å². The maximum atomic E-state index is 12.7. The van der Waals surface area contributed by atoms with E-state index in [1.807, 2.05) is 19.1 Å². The Hall–Kier alpha value is -2.68. The van der Waals surface area contributed by atoms with E-state index >= 15 is 0 Å². The van der Waals surface area contributed by atoms with Crippen molar-refractivity contribution in [2.75, 3.05) is 38.1 Å². The summed E-state index contributed by atoms with van der Waals surface area (Å²) in [4.78, 5) is 26.2. The molecule has 0 bridgehead atoms. The van der Waals surface area contributed by atoms with E-state index in [1.165, 1.54) is 4.68 Å². The van der Waals surface area contributed by atoms with Crippen LogP contribution in [0, 0.1) is 0 Å². The Morgan fingerprint density at radius 3 is 2.44 bits per heavy atom. The van der Waals surface area contributed by atoms with Crippen LogP contribution in [-0.2, 0) is 13.0 Å². The number of carbonyl (C=O) groups excluding carboxylic acids is 1. The zero-order chi connectivity index (χ0) is 22.7. The molecule has 4 rings (SSSR count). The lowest BCUT2D eigenvalue weighted by molar-refractivity contribution is 0.0940. The summed E-state index contributed by atoms with van der Waals surface area (Å²) in [6, 6.07) is 9.18. The summed E-state index contributed by atoms with van der Waals surface area (Å²) in [5.74, 6) is 1.26. The highest BCUT2D eigenvalue weighted by atomic mass is 35.5. The summed E-state index contributed by atoms with van der Waals surface area (Å²) in [6.45, 7) is 6.24. The summed E-state index contributed by atoms with van der Waals surface area (Å²) in [7, 11) is 2.13. The highest BCUT2D eigenvalue weighted by Crippen LogP contribution is 2.28. The first-order chi connectivity index (χ1) is 15.5. The number of piperazine rings is 1. The molecule has 0 atom stereocenters. The van der Waals surface area contributed by atoms with Crippen LogP contribution in [0.25, 0.3) is 5.69 Å². The number of likely N-dealkylation sites (N-methyl/N-ethyl adjacent to an activating group) is 1. The first-order valence-electron chi connectivity index (χ1n) is 10.5. The molecule has 3 aromatic rings. The van der Waals surface area contributed by atoms with Crippen LogP contribution in [0.15, 0.2) is 36.5 Å².